The van der Waals surface area contributed by atoms with Crippen LogP contribution in [0.15, 0.2) is 77.7 Å². The number of amides is 9. The fourth-order valence-electron chi connectivity index (χ4n) is 12.1. The van der Waals surface area contributed by atoms with Gasteiger partial charge in [-0.1, -0.05) is 95.5 Å². The number of unbranched alkanes of at least 4 members (excludes halogenated alkanes) is 3. The molecule has 0 saturated heterocycles. The predicted octanol–water partition coefficient (Wildman–Crippen LogP) is 2.02. The van der Waals surface area contributed by atoms with Crippen LogP contribution in [0.5, 0.6) is 11.5 Å². The lowest BCUT2D eigenvalue weighted by atomic mass is 9.94. The highest BCUT2D eigenvalue weighted by molar-refractivity contribution is 7.89. The van der Waals surface area contributed by atoms with Crippen molar-refractivity contribution in [3.63, 3.8) is 0 Å². The van der Waals surface area contributed by atoms with E-state index >= 15 is 24.0 Å². The molecule has 1 aliphatic heterocycles. The highest BCUT2D eigenvalue weighted by Gasteiger charge is 2.35. The first-order valence-electron chi connectivity index (χ1n) is 36.0. The van der Waals surface area contributed by atoms with Gasteiger partial charge in [-0.25, -0.2) is 18.4 Å². The van der Waals surface area contributed by atoms with E-state index in [2.05, 4.69) is 23.3 Å². The summed E-state index contributed by atoms with van der Waals surface area (Å²) in [6.07, 6.45) is 7.45. The van der Waals surface area contributed by atoms with E-state index in [0.717, 1.165) is 37.7 Å². The minimum Gasteiger partial charge on any atom is -0.480 e. The van der Waals surface area contributed by atoms with E-state index in [1.807, 2.05) is 58.0 Å². The first-order valence-corrected chi connectivity index (χ1v) is 38.1. The van der Waals surface area contributed by atoms with Crippen molar-refractivity contribution in [2.75, 3.05) is 137 Å². The lowest BCUT2D eigenvalue weighted by Crippen LogP contribution is -2.54. The molecule has 2 aliphatic rings. The lowest BCUT2D eigenvalue weighted by Gasteiger charge is -2.37. The van der Waals surface area contributed by atoms with Crippen molar-refractivity contribution >= 4 is 81.8 Å². The van der Waals surface area contributed by atoms with Gasteiger partial charge in [0.25, 0.3) is 0 Å². The van der Waals surface area contributed by atoms with E-state index in [0.29, 0.717) is 87.2 Å². The second kappa shape index (κ2) is 45.3. The molecule has 31 heteroatoms. The molecule has 572 valence electrons. The highest BCUT2D eigenvalue weighted by Crippen LogP contribution is 2.33. The van der Waals surface area contributed by atoms with Gasteiger partial charge in [0, 0.05) is 51.9 Å². The average molecular weight is 1480 g/mol. The van der Waals surface area contributed by atoms with E-state index < -0.39 is 115 Å². The van der Waals surface area contributed by atoms with Crippen molar-refractivity contribution < 1.29 is 70.9 Å². The van der Waals surface area contributed by atoms with E-state index in [1.165, 1.54) is 58.6 Å². The fraction of sp³-hybridized carbons (Fsp3) is 0.611. The molecular weight excluding hydrogens is 1370 g/mol. The number of hydrogen-bond acceptors (Lipinski definition) is 19. The molecule has 103 heavy (non-hydrogen) atoms. The molecule has 0 spiro atoms. The summed E-state index contributed by atoms with van der Waals surface area (Å²) >= 11 is 4.12. The number of carboxylic acids is 1. The number of carboxylic acid groups (broad SMARTS) is 1. The van der Waals surface area contributed by atoms with Crippen LogP contribution in [0, 0.1) is 11.8 Å². The molecule has 1 aliphatic carbocycles. The molecular formula is C72H112N14O15S2. The summed E-state index contributed by atoms with van der Waals surface area (Å²) < 4.78 is 35.7. The van der Waals surface area contributed by atoms with Gasteiger partial charge in [0.05, 0.1) is 50.7 Å². The minimum atomic E-state index is -4.07. The monoisotopic (exact) mass is 1480 g/mol. The third-order valence-electron chi connectivity index (χ3n) is 17.7. The van der Waals surface area contributed by atoms with E-state index in [4.69, 9.17) is 31.8 Å². The van der Waals surface area contributed by atoms with Crippen LogP contribution in [0.3, 0.4) is 0 Å². The number of primary sulfonamides is 1. The number of ether oxygens (including phenoxy) is 2. The van der Waals surface area contributed by atoms with Crippen molar-refractivity contribution in [2.24, 2.45) is 34.2 Å². The number of thiol groups is 1. The van der Waals surface area contributed by atoms with Gasteiger partial charge in [-0.05, 0) is 155 Å². The van der Waals surface area contributed by atoms with Gasteiger partial charge in [0.1, 0.15) is 19.1 Å². The molecule has 1 unspecified atom stereocenters. The zero-order chi connectivity index (χ0) is 75.4. The first-order chi connectivity index (χ1) is 49.2. The summed E-state index contributed by atoms with van der Waals surface area (Å²) in [6.45, 7) is 5.09. The Hall–Kier alpha value is -7.94. The number of fused-ring (bicyclic) bond motifs is 1. The number of nitrogens with zero attached hydrogens (tertiary/aromatic N) is 8. The molecule has 1 atom stereocenters. The standard InChI is InChI=1S/C72H112N14O15S2/c1-53(2)41-83(64(88)40-77-33-14-11-30-73)50-71(95)86(58-19-9-6-10-20-58)51-70(94)82(36-27-55-17-7-5-8-18-55)45-65(89)81(37-28-56-21-24-59(25-22-56)103(76,98)99)47-68(92)84(42-54(3)4)48-67(91)80(35-16-13-32-75)46-69(93)85(43-57-23-26-61-62(39-57)101-52-100-61)49-66(90)79(34-15-12-31-74)44-63(87)78-60(29-38-102)72(96)97/h5,7-8,17-18,21-26,39,53-54,58,60,77,102H,6,9-16,19-20,27-38,40-52,73-75H2,1-4H3,(H,78,87)(H,96,97)(H2,76,98,99). The Morgan fingerprint density at radius 2 is 1.00 bits per heavy atom. The average Bonchev–Trinajstić information content (AvgIpc) is 1.80. The normalized spacial score (nSPS) is 13.1. The zero-order valence-electron chi connectivity index (χ0n) is 60.6. The SMILES string of the molecule is CC(C)CN(CC(=O)N(CCCCN)CC(=O)N(CC(=O)N(CCCCN)CC(=O)NC(CCS)C(=O)O)Cc1ccc2c(c1)OCO2)C(=O)CN(CCc1ccc(S(N)(=O)=O)cc1)C(=O)CN(CCc1ccccc1)C(=O)CN(C(=O)CN(CC(C)C)C(=O)CNCCCCN)C1CCCCC1. The third-order valence-corrected chi connectivity index (χ3v) is 18.9. The van der Waals surface area contributed by atoms with Gasteiger partial charge in [-0.15, -0.1) is 0 Å². The Labute approximate surface area is 612 Å². The van der Waals surface area contributed by atoms with Crippen molar-refractivity contribution in [3.05, 3.63) is 89.5 Å². The Balaban J connectivity index is 1.49. The number of aliphatic carboxylic acids is 1. The molecule has 1 fully saturated rings. The van der Waals surface area contributed by atoms with E-state index in [9.17, 15) is 37.5 Å². The summed E-state index contributed by atoms with van der Waals surface area (Å²) in [5.41, 5.74) is 19.4. The number of carbonyl (C=O) groups excluding carboxylic acids is 9. The quantitative estimate of drug-likeness (QED) is 0.0296. The maximum absolute atomic E-state index is 15.3. The van der Waals surface area contributed by atoms with Gasteiger partial charge in [-0.2, -0.15) is 12.6 Å². The third kappa shape index (κ3) is 30.7. The van der Waals surface area contributed by atoms with Crippen molar-refractivity contribution in [2.45, 2.75) is 141 Å². The molecule has 5 rings (SSSR count). The van der Waals surface area contributed by atoms with Gasteiger partial charge in [0.15, 0.2) is 11.5 Å². The highest BCUT2D eigenvalue weighted by atomic mass is 32.2. The Bertz CT molecular complexity index is 3330. The predicted molar refractivity (Wildman–Crippen MR) is 393 cm³/mol. The Morgan fingerprint density at radius 1 is 0.534 bits per heavy atom. The first kappa shape index (κ1) is 85.7. The summed E-state index contributed by atoms with van der Waals surface area (Å²) in [4.78, 5) is 155. The minimum absolute atomic E-state index is 0.00456. The molecule has 0 aromatic heterocycles. The van der Waals surface area contributed by atoms with Crippen LogP contribution in [0.4, 0.5) is 0 Å². The van der Waals surface area contributed by atoms with Crippen LogP contribution in [-0.4, -0.2) is 261 Å². The number of hydrogen-bond donors (Lipinski definition) is 8. The van der Waals surface area contributed by atoms with Crippen LogP contribution < -0.4 is 42.4 Å². The maximum Gasteiger partial charge on any atom is 0.326 e. The maximum atomic E-state index is 15.3. The van der Waals surface area contributed by atoms with Crippen molar-refractivity contribution in [3.8, 4) is 11.5 Å². The van der Waals surface area contributed by atoms with Gasteiger partial charge < -0.3 is 81.6 Å². The van der Waals surface area contributed by atoms with Gasteiger partial charge in [0.2, 0.25) is 70.0 Å². The number of carbonyl (C=O) groups is 10. The number of nitrogens with one attached hydrogen (secondary N) is 2. The molecule has 29 nitrogen and oxygen atoms in total. The number of nitrogens with two attached hydrogens (primary N) is 4. The largest absolute Gasteiger partial charge is 0.480 e. The molecule has 11 N–H and O–H groups in total. The Morgan fingerprint density at radius 3 is 1.54 bits per heavy atom. The van der Waals surface area contributed by atoms with E-state index in [-0.39, 0.29) is 120 Å². The summed E-state index contributed by atoms with van der Waals surface area (Å²) in [5.74, 6) is -5.78. The van der Waals surface area contributed by atoms with Crippen LogP contribution >= 0.6 is 12.6 Å². The van der Waals surface area contributed by atoms with Crippen molar-refractivity contribution in [1.82, 2.24) is 49.8 Å². The molecule has 1 saturated carbocycles. The van der Waals surface area contributed by atoms with E-state index in [1.54, 1.807) is 23.1 Å². The van der Waals surface area contributed by atoms with Crippen LogP contribution in [-0.2, 0) is 77.4 Å². The molecule has 1 heterocycles. The second-order valence-corrected chi connectivity index (χ2v) is 29.2. The second-order valence-electron chi connectivity index (χ2n) is 27.2. The Kier molecular flexibility index (Phi) is 37.7. The van der Waals surface area contributed by atoms with Crippen LogP contribution in [0.2, 0.25) is 0 Å². The molecule has 0 radical (unpaired) electrons. The molecule has 3 aromatic rings. The topological polar surface area (TPSA) is 398 Å². The number of sulfonamides is 1. The lowest BCUT2D eigenvalue weighted by molar-refractivity contribution is -0.149. The van der Waals surface area contributed by atoms with Gasteiger partial charge >= 0.3 is 5.97 Å². The molecule has 0 bridgehead atoms. The number of rotatable bonds is 48. The zero-order valence-corrected chi connectivity index (χ0v) is 62.3. The van der Waals surface area contributed by atoms with Crippen molar-refractivity contribution in [1.29, 1.82) is 0 Å². The summed E-state index contributed by atoms with van der Waals surface area (Å²) in [5, 5.41) is 20.8. The molecule has 9 amide bonds. The summed E-state index contributed by atoms with van der Waals surface area (Å²) in [7, 11) is -4.07. The smallest absolute Gasteiger partial charge is 0.326 e. The van der Waals surface area contributed by atoms with Crippen LogP contribution in [0.1, 0.15) is 121 Å². The van der Waals surface area contributed by atoms with Gasteiger partial charge in [-0.3, -0.25) is 43.2 Å². The number of benzene rings is 3. The fourth-order valence-corrected chi connectivity index (χ4v) is 12.9. The van der Waals surface area contributed by atoms with Crippen LogP contribution in [0.25, 0.3) is 0 Å². The summed E-state index contributed by atoms with van der Waals surface area (Å²) in [6, 6.07) is 18.5. The molecule has 3 aromatic carbocycles.